The fraction of sp³-hybridized carbons (Fsp3) is 0.643. The van der Waals surface area contributed by atoms with E-state index in [4.69, 9.17) is 9.84 Å². The quantitative estimate of drug-likeness (QED) is 0.813. The zero-order valence-corrected chi connectivity index (χ0v) is 11.5. The highest BCUT2D eigenvalue weighted by Crippen LogP contribution is 2.17. The van der Waals surface area contributed by atoms with E-state index >= 15 is 0 Å². The number of aliphatic hydroxyl groups is 1. The Morgan fingerprint density at radius 1 is 1.42 bits per heavy atom. The lowest BCUT2D eigenvalue weighted by atomic mass is 10.0. The van der Waals surface area contributed by atoms with Crippen molar-refractivity contribution in [2.24, 2.45) is 5.92 Å². The molecule has 2 rings (SSSR count). The summed E-state index contributed by atoms with van der Waals surface area (Å²) in [5, 5.41) is 12.3. The highest BCUT2D eigenvalue weighted by atomic mass is 16.5. The van der Waals surface area contributed by atoms with E-state index in [-0.39, 0.29) is 6.61 Å². The standard InChI is InChI=1S/C14H23N3O2/c1-17(6-7-18)13-2-3-14(16-11-13)15-10-12-4-8-19-9-5-12/h2-3,11-12,18H,4-10H2,1H3,(H,15,16). The van der Waals surface area contributed by atoms with Gasteiger partial charge in [-0.3, -0.25) is 0 Å². The monoisotopic (exact) mass is 265 g/mol. The number of aliphatic hydroxyl groups excluding tert-OH is 1. The summed E-state index contributed by atoms with van der Waals surface area (Å²) in [6.07, 6.45) is 4.09. The first-order valence-corrected chi connectivity index (χ1v) is 6.89. The van der Waals surface area contributed by atoms with Crippen LogP contribution in [0.15, 0.2) is 18.3 Å². The van der Waals surface area contributed by atoms with Crippen LogP contribution in [0.25, 0.3) is 0 Å². The van der Waals surface area contributed by atoms with Crippen LogP contribution in [-0.2, 0) is 4.74 Å². The van der Waals surface area contributed by atoms with Gasteiger partial charge in [0.2, 0.25) is 0 Å². The summed E-state index contributed by atoms with van der Waals surface area (Å²) in [6, 6.07) is 4.01. The molecule has 5 nitrogen and oxygen atoms in total. The molecule has 0 spiro atoms. The third-order valence-electron chi connectivity index (χ3n) is 3.54. The number of likely N-dealkylation sites (N-methyl/N-ethyl adjacent to an activating group) is 1. The summed E-state index contributed by atoms with van der Waals surface area (Å²) in [4.78, 5) is 6.38. The normalized spacial score (nSPS) is 16.3. The summed E-state index contributed by atoms with van der Waals surface area (Å²) in [7, 11) is 1.95. The Bertz CT molecular complexity index is 363. The molecular weight excluding hydrogens is 242 g/mol. The summed E-state index contributed by atoms with van der Waals surface area (Å²) in [6.45, 7) is 3.49. The van der Waals surface area contributed by atoms with Gasteiger partial charge < -0.3 is 20.1 Å². The first-order chi connectivity index (χ1) is 9.29. The van der Waals surface area contributed by atoms with Crippen LogP contribution in [0.1, 0.15) is 12.8 Å². The molecule has 0 saturated carbocycles. The second-order valence-electron chi connectivity index (χ2n) is 4.98. The molecule has 1 aromatic rings. The third kappa shape index (κ3) is 4.36. The zero-order valence-electron chi connectivity index (χ0n) is 11.5. The summed E-state index contributed by atoms with van der Waals surface area (Å²) in [5.41, 5.74) is 1.02. The third-order valence-corrected chi connectivity index (χ3v) is 3.54. The molecular formula is C14H23N3O2. The van der Waals surface area contributed by atoms with Crippen LogP contribution < -0.4 is 10.2 Å². The molecule has 19 heavy (non-hydrogen) atoms. The number of hydrogen-bond donors (Lipinski definition) is 2. The van der Waals surface area contributed by atoms with Crippen molar-refractivity contribution < 1.29 is 9.84 Å². The maximum Gasteiger partial charge on any atom is 0.126 e. The molecule has 2 N–H and O–H groups in total. The molecule has 0 atom stereocenters. The Morgan fingerprint density at radius 2 is 2.21 bits per heavy atom. The lowest BCUT2D eigenvalue weighted by Gasteiger charge is -2.22. The highest BCUT2D eigenvalue weighted by Gasteiger charge is 2.13. The number of rotatable bonds is 6. The van der Waals surface area contributed by atoms with Gasteiger partial charge in [0.05, 0.1) is 18.5 Å². The van der Waals surface area contributed by atoms with Gasteiger partial charge in [0.1, 0.15) is 5.82 Å². The van der Waals surface area contributed by atoms with E-state index in [0.29, 0.717) is 12.5 Å². The lowest BCUT2D eigenvalue weighted by Crippen LogP contribution is -2.23. The highest BCUT2D eigenvalue weighted by molar-refractivity contribution is 5.48. The van der Waals surface area contributed by atoms with Crippen molar-refractivity contribution in [2.75, 3.05) is 50.2 Å². The zero-order chi connectivity index (χ0) is 13.5. The SMILES string of the molecule is CN(CCO)c1ccc(NCC2CCOCC2)nc1. The van der Waals surface area contributed by atoms with Crippen LogP contribution in [0.3, 0.4) is 0 Å². The van der Waals surface area contributed by atoms with Gasteiger partial charge in [-0.25, -0.2) is 4.98 Å². The van der Waals surface area contributed by atoms with Gasteiger partial charge >= 0.3 is 0 Å². The van der Waals surface area contributed by atoms with Crippen LogP contribution in [-0.4, -0.2) is 50.0 Å². The minimum atomic E-state index is 0.153. The van der Waals surface area contributed by atoms with Crippen molar-refractivity contribution in [3.05, 3.63) is 18.3 Å². The molecule has 0 aromatic carbocycles. The molecule has 2 heterocycles. The summed E-state index contributed by atoms with van der Waals surface area (Å²) >= 11 is 0. The van der Waals surface area contributed by atoms with Gasteiger partial charge in [-0.2, -0.15) is 0 Å². The van der Waals surface area contributed by atoms with Crippen molar-refractivity contribution >= 4 is 11.5 Å². The molecule has 0 aliphatic carbocycles. The van der Waals surface area contributed by atoms with E-state index < -0.39 is 0 Å². The van der Waals surface area contributed by atoms with Gasteiger partial charge in [0, 0.05) is 33.4 Å². The molecule has 0 radical (unpaired) electrons. The number of nitrogens with zero attached hydrogens (tertiary/aromatic N) is 2. The van der Waals surface area contributed by atoms with E-state index in [0.717, 1.165) is 44.1 Å². The van der Waals surface area contributed by atoms with Crippen molar-refractivity contribution in [3.8, 4) is 0 Å². The van der Waals surface area contributed by atoms with Crippen molar-refractivity contribution in [1.29, 1.82) is 0 Å². The van der Waals surface area contributed by atoms with Crippen LogP contribution >= 0.6 is 0 Å². The van der Waals surface area contributed by atoms with Crippen LogP contribution in [0.5, 0.6) is 0 Å². The fourth-order valence-corrected chi connectivity index (χ4v) is 2.19. The molecule has 1 aliphatic rings. The average Bonchev–Trinajstić information content (AvgIpc) is 2.47. The first kappa shape index (κ1) is 14.1. The number of hydrogen-bond acceptors (Lipinski definition) is 5. The number of ether oxygens (including phenoxy) is 1. The minimum Gasteiger partial charge on any atom is -0.395 e. The van der Waals surface area contributed by atoms with Gasteiger partial charge in [0.25, 0.3) is 0 Å². The van der Waals surface area contributed by atoms with Crippen molar-refractivity contribution in [2.45, 2.75) is 12.8 Å². The molecule has 1 fully saturated rings. The maximum absolute atomic E-state index is 8.90. The molecule has 0 bridgehead atoms. The minimum absolute atomic E-state index is 0.153. The predicted octanol–water partition coefficient (Wildman–Crippen LogP) is 1.35. The topological polar surface area (TPSA) is 57.6 Å². The average molecular weight is 265 g/mol. The van der Waals surface area contributed by atoms with Gasteiger partial charge in [0.15, 0.2) is 0 Å². The van der Waals surface area contributed by atoms with Crippen molar-refractivity contribution in [3.63, 3.8) is 0 Å². The number of pyridine rings is 1. The van der Waals surface area contributed by atoms with E-state index in [1.807, 2.05) is 30.3 Å². The molecule has 1 aromatic heterocycles. The second kappa shape index (κ2) is 7.31. The molecule has 0 unspecified atom stereocenters. The Labute approximate surface area is 114 Å². The van der Waals surface area contributed by atoms with Crippen LogP contribution in [0, 0.1) is 5.92 Å². The molecule has 106 valence electrons. The molecule has 1 aliphatic heterocycles. The largest absolute Gasteiger partial charge is 0.395 e. The van der Waals surface area contributed by atoms with Gasteiger partial charge in [-0.05, 0) is 30.9 Å². The number of anilines is 2. The Hall–Kier alpha value is -1.33. The molecule has 5 heteroatoms. The summed E-state index contributed by atoms with van der Waals surface area (Å²) < 4.78 is 5.35. The van der Waals surface area contributed by atoms with Gasteiger partial charge in [-0.15, -0.1) is 0 Å². The van der Waals surface area contributed by atoms with E-state index in [1.54, 1.807) is 0 Å². The number of nitrogens with one attached hydrogen (secondary N) is 1. The molecule has 1 saturated heterocycles. The Morgan fingerprint density at radius 3 is 2.84 bits per heavy atom. The van der Waals surface area contributed by atoms with Crippen LogP contribution in [0.4, 0.5) is 11.5 Å². The lowest BCUT2D eigenvalue weighted by molar-refractivity contribution is 0.0699. The number of aromatic nitrogens is 1. The van der Waals surface area contributed by atoms with E-state index in [1.165, 1.54) is 0 Å². The van der Waals surface area contributed by atoms with Crippen LogP contribution in [0.2, 0.25) is 0 Å². The maximum atomic E-state index is 8.90. The molecule has 0 amide bonds. The smallest absolute Gasteiger partial charge is 0.126 e. The fourth-order valence-electron chi connectivity index (χ4n) is 2.19. The van der Waals surface area contributed by atoms with Gasteiger partial charge in [-0.1, -0.05) is 0 Å². The first-order valence-electron chi connectivity index (χ1n) is 6.89. The Kier molecular flexibility index (Phi) is 5.42. The second-order valence-corrected chi connectivity index (χ2v) is 4.98. The van der Waals surface area contributed by atoms with Crippen molar-refractivity contribution in [1.82, 2.24) is 4.98 Å². The van der Waals surface area contributed by atoms with E-state index in [2.05, 4.69) is 10.3 Å². The predicted molar refractivity (Wildman–Crippen MR) is 76.6 cm³/mol. The summed E-state index contributed by atoms with van der Waals surface area (Å²) in [5.74, 6) is 1.60. The Balaban J connectivity index is 1.81. The van der Waals surface area contributed by atoms with E-state index in [9.17, 15) is 0 Å².